The van der Waals surface area contributed by atoms with Crippen molar-refractivity contribution in [2.24, 2.45) is 0 Å². The fourth-order valence-electron chi connectivity index (χ4n) is 4.09. The van der Waals surface area contributed by atoms with Crippen LogP contribution in [0.2, 0.25) is 0 Å². The minimum absolute atomic E-state index is 0.157. The van der Waals surface area contributed by atoms with Crippen molar-refractivity contribution in [1.29, 1.82) is 0 Å². The van der Waals surface area contributed by atoms with Gasteiger partial charge in [-0.3, -0.25) is 9.69 Å². The monoisotopic (exact) mass is 364 g/mol. The molecule has 0 bridgehead atoms. The second-order valence-corrected chi connectivity index (χ2v) is 7.57. The van der Waals surface area contributed by atoms with Gasteiger partial charge in [-0.1, -0.05) is 31.2 Å². The fraction of sp³-hybridized carbons (Fsp3) is 0.435. The lowest BCUT2D eigenvalue weighted by molar-refractivity contribution is 0.0571. The molecule has 0 aromatic heterocycles. The molecule has 1 amide bonds. The number of rotatable bonds is 5. The van der Waals surface area contributed by atoms with Gasteiger partial charge in [-0.25, -0.2) is 0 Å². The molecule has 4 nitrogen and oxygen atoms in total. The first-order valence-electron chi connectivity index (χ1n) is 10.1. The molecule has 0 aliphatic carbocycles. The molecule has 2 heterocycles. The highest BCUT2D eigenvalue weighted by Crippen LogP contribution is 2.23. The van der Waals surface area contributed by atoms with E-state index in [2.05, 4.69) is 24.0 Å². The summed E-state index contributed by atoms with van der Waals surface area (Å²) in [5.41, 5.74) is 3.16. The van der Waals surface area contributed by atoms with Crippen molar-refractivity contribution in [3.05, 3.63) is 65.2 Å². The molecular formula is C23H28N2O2. The predicted molar refractivity (Wildman–Crippen MR) is 107 cm³/mol. The van der Waals surface area contributed by atoms with Crippen LogP contribution in [0.4, 0.5) is 0 Å². The van der Waals surface area contributed by atoms with Gasteiger partial charge in [0, 0.05) is 31.2 Å². The van der Waals surface area contributed by atoms with Crippen molar-refractivity contribution in [3.63, 3.8) is 0 Å². The Morgan fingerprint density at radius 1 is 1.00 bits per heavy atom. The molecule has 2 aliphatic rings. The summed E-state index contributed by atoms with van der Waals surface area (Å²) in [6.45, 7) is 6.58. The third-order valence-corrected chi connectivity index (χ3v) is 5.81. The van der Waals surface area contributed by atoms with Gasteiger partial charge < -0.3 is 9.64 Å². The maximum Gasteiger partial charge on any atom is 0.253 e. The number of carbonyl (C=O) groups excluding carboxylic acids is 1. The molecule has 2 aromatic rings. The minimum Gasteiger partial charge on any atom is -0.489 e. The standard InChI is InChI=1S/C23H28N2O2/c1-2-18-7-11-22(12-8-18)27-17-19-5-9-20(10-6-19)23(26)25-15-14-24-13-3-4-21(24)16-25/h5-12,21H,2-4,13-17H2,1H3/t21-/m0/s1. The van der Waals surface area contributed by atoms with Crippen LogP contribution in [0.15, 0.2) is 48.5 Å². The van der Waals surface area contributed by atoms with Gasteiger partial charge in [-0.15, -0.1) is 0 Å². The van der Waals surface area contributed by atoms with E-state index in [0.29, 0.717) is 12.6 Å². The van der Waals surface area contributed by atoms with Gasteiger partial charge in [0.25, 0.3) is 5.91 Å². The summed E-state index contributed by atoms with van der Waals surface area (Å²) in [5, 5.41) is 0. The van der Waals surface area contributed by atoms with Crippen LogP contribution >= 0.6 is 0 Å². The van der Waals surface area contributed by atoms with Gasteiger partial charge in [0.15, 0.2) is 0 Å². The second kappa shape index (κ2) is 8.13. The number of nitrogens with zero attached hydrogens (tertiary/aromatic N) is 2. The molecule has 0 N–H and O–H groups in total. The Morgan fingerprint density at radius 3 is 2.48 bits per heavy atom. The first-order chi connectivity index (χ1) is 13.2. The summed E-state index contributed by atoms with van der Waals surface area (Å²) in [6.07, 6.45) is 3.52. The number of amides is 1. The number of hydrogen-bond donors (Lipinski definition) is 0. The number of benzene rings is 2. The van der Waals surface area contributed by atoms with Crippen molar-refractivity contribution >= 4 is 5.91 Å². The largest absolute Gasteiger partial charge is 0.489 e. The van der Waals surface area contributed by atoms with Gasteiger partial charge in [0.05, 0.1) is 0 Å². The summed E-state index contributed by atoms with van der Waals surface area (Å²) in [4.78, 5) is 17.4. The third kappa shape index (κ3) is 4.16. The van der Waals surface area contributed by atoms with E-state index >= 15 is 0 Å². The molecule has 0 spiro atoms. The molecule has 2 aromatic carbocycles. The maximum absolute atomic E-state index is 12.8. The van der Waals surface area contributed by atoms with Crippen LogP contribution < -0.4 is 4.74 Å². The summed E-state index contributed by atoms with van der Waals surface area (Å²) >= 11 is 0. The fourth-order valence-corrected chi connectivity index (χ4v) is 4.09. The molecule has 0 radical (unpaired) electrons. The highest BCUT2D eigenvalue weighted by molar-refractivity contribution is 5.94. The van der Waals surface area contributed by atoms with E-state index in [1.54, 1.807) is 0 Å². The van der Waals surface area contributed by atoms with Crippen molar-refractivity contribution in [1.82, 2.24) is 9.80 Å². The third-order valence-electron chi connectivity index (χ3n) is 5.81. The van der Waals surface area contributed by atoms with E-state index in [-0.39, 0.29) is 5.91 Å². The topological polar surface area (TPSA) is 32.8 Å². The van der Waals surface area contributed by atoms with E-state index in [1.165, 1.54) is 24.9 Å². The highest BCUT2D eigenvalue weighted by Gasteiger charge is 2.32. The van der Waals surface area contributed by atoms with Gasteiger partial charge in [0.2, 0.25) is 0 Å². The van der Waals surface area contributed by atoms with E-state index in [0.717, 1.165) is 42.9 Å². The Kier molecular flexibility index (Phi) is 5.44. The number of piperazine rings is 1. The molecule has 2 saturated heterocycles. The second-order valence-electron chi connectivity index (χ2n) is 7.57. The Bertz CT molecular complexity index is 770. The average Bonchev–Trinajstić information content (AvgIpc) is 3.20. The Balaban J connectivity index is 1.33. The number of fused-ring (bicyclic) bond motifs is 1. The number of aryl methyl sites for hydroxylation is 1. The summed E-state index contributed by atoms with van der Waals surface area (Å²) < 4.78 is 5.85. The van der Waals surface area contributed by atoms with Crippen LogP contribution in [0.1, 0.15) is 41.3 Å². The highest BCUT2D eigenvalue weighted by atomic mass is 16.5. The smallest absolute Gasteiger partial charge is 0.253 e. The van der Waals surface area contributed by atoms with Crippen LogP contribution in [-0.2, 0) is 13.0 Å². The van der Waals surface area contributed by atoms with Gasteiger partial charge in [-0.2, -0.15) is 0 Å². The molecule has 2 aliphatic heterocycles. The van der Waals surface area contributed by atoms with Gasteiger partial charge >= 0.3 is 0 Å². The predicted octanol–water partition coefficient (Wildman–Crippen LogP) is 3.75. The van der Waals surface area contributed by atoms with Crippen LogP contribution in [0.25, 0.3) is 0 Å². The first kappa shape index (κ1) is 18.1. The normalized spacial score (nSPS) is 19.7. The summed E-state index contributed by atoms with van der Waals surface area (Å²) in [6, 6.07) is 16.7. The molecule has 0 unspecified atom stereocenters. The zero-order valence-corrected chi connectivity index (χ0v) is 16.1. The number of hydrogen-bond acceptors (Lipinski definition) is 3. The zero-order valence-electron chi connectivity index (χ0n) is 16.1. The van der Waals surface area contributed by atoms with Crippen molar-refractivity contribution in [3.8, 4) is 5.75 Å². The molecule has 0 saturated carbocycles. The number of ether oxygens (including phenoxy) is 1. The lowest BCUT2D eigenvalue weighted by Gasteiger charge is -2.37. The molecule has 27 heavy (non-hydrogen) atoms. The quantitative estimate of drug-likeness (QED) is 0.810. The maximum atomic E-state index is 12.8. The molecule has 4 rings (SSSR count). The van der Waals surface area contributed by atoms with Gasteiger partial charge in [-0.05, 0) is 61.2 Å². The van der Waals surface area contributed by atoms with E-state index in [9.17, 15) is 4.79 Å². The minimum atomic E-state index is 0.157. The van der Waals surface area contributed by atoms with Crippen molar-refractivity contribution in [2.75, 3.05) is 26.2 Å². The summed E-state index contributed by atoms with van der Waals surface area (Å²) in [5.74, 6) is 1.03. The Morgan fingerprint density at radius 2 is 1.74 bits per heavy atom. The van der Waals surface area contributed by atoms with Crippen LogP contribution in [0.5, 0.6) is 5.75 Å². The number of carbonyl (C=O) groups is 1. The van der Waals surface area contributed by atoms with Crippen LogP contribution in [-0.4, -0.2) is 47.9 Å². The Hall–Kier alpha value is -2.33. The van der Waals surface area contributed by atoms with Crippen molar-refractivity contribution in [2.45, 2.75) is 38.8 Å². The lowest BCUT2D eigenvalue weighted by Crippen LogP contribution is -2.52. The van der Waals surface area contributed by atoms with E-state index in [1.807, 2.05) is 41.3 Å². The SMILES string of the molecule is CCc1ccc(OCc2ccc(C(=O)N3CCN4CCC[C@H]4C3)cc2)cc1. The molecule has 4 heteroatoms. The zero-order chi connectivity index (χ0) is 18.6. The van der Waals surface area contributed by atoms with E-state index in [4.69, 9.17) is 4.74 Å². The molecule has 142 valence electrons. The summed E-state index contributed by atoms with van der Waals surface area (Å²) in [7, 11) is 0. The molecule has 1 atom stereocenters. The van der Waals surface area contributed by atoms with Crippen LogP contribution in [0.3, 0.4) is 0 Å². The molecule has 2 fully saturated rings. The first-order valence-corrected chi connectivity index (χ1v) is 10.1. The van der Waals surface area contributed by atoms with Crippen LogP contribution in [0, 0.1) is 0 Å². The van der Waals surface area contributed by atoms with E-state index < -0.39 is 0 Å². The average molecular weight is 364 g/mol. The van der Waals surface area contributed by atoms with Gasteiger partial charge in [0.1, 0.15) is 12.4 Å². The molecular weight excluding hydrogens is 336 g/mol. The van der Waals surface area contributed by atoms with Crippen molar-refractivity contribution < 1.29 is 9.53 Å². The Labute approximate surface area is 161 Å². The lowest BCUT2D eigenvalue weighted by atomic mass is 10.1.